The first kappa shape index (κ1) is 12.2. The van der Waals surface area contributed by atoms with Crippen LogP contribution in [0.1, 0.15) is 19.4 Å². The van der Waals surface area contributed by atoms with E-state index in [-0.39, 0.29) is 0 Å². The molecule has 3 nitrogen and oxygen atoms in total. The summed E-state index contributed by atoms with van der Waals surface area (Å²) in [6.07, 6.45) is 0. The molecule has 0 saturated carbocycles. The summed E-state index contributed by atoms with van der Waals surface area (Å²) in [6, 6.07) is 7.33. The lowest BCUT2D eigenvalue weighted by Gasteiger charge is -2.26. The summed E-state index contributed by atoms with van der Waals surface area (Å²) in [7, 11) is 0. The third kappa shape index (κ3) is 2.58. The van der Waals surface area contributed by atoms with Crippen molar-refractivity contribution in [2.45, 2.75) is 19.4 Å². The Morgan fingerprint density at radius 3 is 2.73 bits per heavy atom. The predicted molar refractivity (Wildman–Crippen MR) is 62.8 cm³/mol. The molecular formula is C11H14BrNO2. The van der Waals surface area contributed by atoms with E-state index in [9.17, 15) is 9.90 Å². The van der Waals surface area contributed by atoms with Gasteiger partial charge in [0.1, 0.15) is 5.54 Å². The first-order valence-electron chi connectivity index (χ1n) is 4.75. The SMILES string of the molecule is CCN[C@@](C)(C(=O)O)c1cccc(Br)c1. The molecule has 4 heteroatoms. The van der Waals surface area contributed by atoms with Crippen molar-refractivity contribution in [2.24, 2.45) is 0 Å². The number of hydrogen-bond donors (Lipinski definition) is 2. The lowest BCUT2D eigenvalue weighted by molar-refractivity contribution is -0.144. The molecule has 0 saturated heterocycles. The third-order valence-corrected chi connectivity index (χ3v) is 2.85. The van der Waals surface area contributed by atoms with Crippen LogP contribution < -0.4 is 5.32 Å². The number of carboxylic acid groups (broad SMARTS) is 1. The number of hydrogen-bond acceptors (Lipinski definition) is 2. The van der Waals surface area contributed by atoms with Gasteiger partial charge in [-0.05, 0) is 31.2 Å². The molecule has 0 heterocycles. The molecule has 82 valence electrons. The van der Waals surface area contributed by atoms with Gasteiger partial charge in [-0.1, -0.05) is 35.0 Å². The molecule has 0 bridgehead atoms. The molecule has 1 rings (SSSR count). The van der Waals surface area contributed by atoms with Gasteiger partial charge in [0.15, 0.2) is 0 Å². The Balaban J connectivity index is 3.15. The molecule has 15 heavy (non-hydrogen) atoms. The standard InChI is InChI=1S/C11H14BrNO2/c1-3-13-11(2,10(14)15)8-5-4-6-9(12)7-8/h4-7,13H,3H2,1-2H3,(H,14,15)/t11-/m1/s1. The van der Waals surface area contributed by atoms with Crippen LogP contribution in [0.15, 0.2) is 28.7 Å². The third-order valence-electron chi connectivity index (χ3n) is 2.36. The molecule has 0 radical (unpaired) electrons. The Bertz CT molecular complexity index is 367. The minimum absolute atomic E-state index is 0.606. The normalized spacial score (nSPS) is 14.6. The van der Waals surface area contributed by atoms with Crippen LogP contribution in [0.4, 0.5) is 0 Å². The zero-order valence-electron chi connectivity index (χ0n) is 8.75. The van der Waals surface area contributed by atoms with Gasteiger partial charge in [-0.25, -0.2) is 4.79 Å². The van der Waals surface area contributed by atoms with E-state index in [1.807, 2.05) is 31.2 Å². The van der Waals surface area contributed by atoms with Gasteiger partial charge >= 0.3 is 5.97 Å². The monoisotopic (exact) mass is 271 g/mol. The Labute approximate surface area is 97.6 Å². The molecule has 0 unspecified atom stereocenters. The van der Waals surface area contributed by atoms with Crippen LogP contribution in [0, 0.1) is 0 Å². The molecule has 0 amide bonds. The number of halogens is 1. The molecule has 0 aliphatic heterocycles. The van der Waals surface area contributed by atoms with Gasteiger partial charge < -0.3 is 5.11 Å². The fourth-order valence-electron chi connectivity index (χ4n) is 1.45. The molecule has 1 atom stereocenters. The minimum atomic E-state index is -1.03. The van der Waals surface area contributed by atoms with E-state index >= 15 is 0 Å². The summed E-state index contributed by atoms with van der Waals surface area (Å²) in [5.41, 5.74) is -0.287. The van der Waals surface area contributed by atoms with E-state index in [2.05, 4.69) is 21.2 Å². The highest BCUT2D eigenvalue weighted by Gasteiger charge is 2.34. The zero-order valence-corrected chi connectivity index (χ0v) is 10.3. The van der Waals surface area contributed by atoms with Crippen LogP contribution in [0.2, 0.25) is 0 Å². The van der Waals surface area contributed by atoms with Gasteiger partial charge in [-0.3, -0.25) is 5.32 Å². The highest BCUT2D eigenvalue weighted by atomic mass is 79.9. The first-order chi connectivity index (χ1) is 7.00. The summed E-state index contributed by atoms with van der Waals surface area (Å²) in [5, 5.41) is 12.2. The van der Waals surface area contributed by atoms with Crippen LogP contribution in [0.3, 0.4) is 0 Å². The quantitative estimate of drug-likeness (QED) is 0.884. The van der Waals surface area contributed by atoms with Crippen molar-refractivity contribution in [3.8, 4) is 0 Å². The van der Waals surface area contributed by atoms with Crippen LogP contribution in [0.25, 0.3) is 0 Å². The van der Waals surface area contributed by atoms with Crippen molar-refractivity contribution in [3.05, 3.63) is 34.3 Å². The number of likely N-dealkylation sites (N-methyl/N-ethyl adjacent to an activating group) is 1. The fraction of sp³-hybridized carbons (Fsp3) is 0.364. The van der Waals surface area contributed by atoms with E-state index < -0.39 is 11.5 Å². The maximum Gasteiger partial charge on any atom is 0.328 e. The zero-order chi connectivity index (χ0) is 11.5. The number of carbonyl (C=O) groups is 1. The van der Waals surface area contributed by atoms with Crippen molar-refractivity contribution in [2.75, 3.05) is 6.54 Å². The Morgan fingerprint density at radius 2 is 2.27 bits per heavy atom. The summed E-state index contributed by atoms with van der Waals surface area (Å²) >= 11 is 3.33. The van der Waals surface area contributed by atoms with Gasteiger partial charge in [0.25, 0.3) is 0 Å². The van der Waals surface area contributed by atoms with E-state index in [0.29, 0.717) is 6.54 Å². The van der Waals surface area contributed by atoms with Crippen LogP contribution in [-0.2, 0) is 10.3 Å². The van der Waals surface area contributed by atoms with Crippen molar-refractivity contribution in [3.63, 3.8) is 0 Å². The summed E-state index contributed by atoms with van der Waals surface area (Å²) in [5.74, 6) is -0.873. The van der Waals surface area contributed by atoms with Crippen LogP contribution in [-0.4, -0.2) is 17.6 Å². The second kappa shape index (κ2) is 4.77. The van der Waals surface area contributed by atoms with Gasteiger partial charge in [-0.2, -0.15) is 0 Å². The summed E-state index contributed by atoms with van der Waals surface area (Å²) < 4.78 is 0.880. The van der Waals surface area contributed by atoms with E-state index in [0.717, 1.165) is 10.0 Å². The minimum Gasteiger partial charge on any atom is -0.480 e. The summed E-state index contributed by atoms with van der Waals surface area (Å²) in [4.78, 5) is 11.2. The molecule has 0 aliphatic carbocycles. The maximum atomic E-state index is 11.2. The lowest BCUT2D eigenvalue weighted by Crippen LogP contribution is -2.46. The predicted octanol–water partition coefficient (Wildman–Crippen LogP) is 2.36. The van der Waals surface area contributed by atoms with E-state index in [4.69, 9.17) is 0 Å². The van der Waals surface area contributed by atoms with Crippen molar-refractivity contribution in [1.82, 2.24) is 5.32 Å². The number of benzene rings is 1. The van der Waals surface area contributed by atoms with Crippen molar-refractivity contribution < 1.29 is 9.90 Å². The van der Waals surface area contributed by atoms with Gasteiger partial charge in [0, 0.05) is 4.47 Å². The number of nitrogens with one attached hydrogen (secondary N) is 1. The molecule has 1 aromatic rings. The maximum absolute atomic E-state index is 11.2. The van der Waals surface area contributed by atoms with Gasteiger partial charge in [-0.15, -0.1) is 0 Å². The van der Waals surface area contributed by atoms with Gasteiger partial charge in [0.05, 0.1) is 0 Å². The average molecular weight is 272 g/mol. The number of aliphatic carboxylic acids is 1. The van der Waals surface area contributed by atoms with Gasteiger partial charge in [0.2, 0.25) is 0 Å². The summed E-state index contributed by atoms with van der Waals surface area (Å²) in [6.45, 7) is 4.16. The topological polar surface area (TPSA) is 49.3 Å². The molecule has 1 aromatic carbocycles. The van der Waals surface area contributed by atoms with Crippen LogP contribution in [0.5, 0.6) is 0 Å². The molecular weight excluding hydrogens is 258 g/mol. The highest BCUT2D eigenvalue weighted by Crippen LogP contribution is 2.23. The van der Waals surface area contributed by atoms with Crippen molar-refractivity contribution >= 4 is 21.9 Å². The lowest BCUT2D eigenvalue weighted by atomic mass is 9.92. The average Bonchev–Trinajstić information content (AvgIpc) is 2.17. The second-order valence-electron chi connectivity index (χ2n) is 3.47. The Kier molecular flexibility index (Phi) is 3.88. The fourth-order valence-corrected chi connectivity index (χ4v) is 1.85. The number of rotatable bonds is 4. The highest BCUT2D eigenvalue weighted by molar-refractivity contribution is 9.10. The van der Waals surface area contributed by atoms with Crippen molar-refractivity contribution in [1.29, 1.82) is 0 Å². The van der Waals surface area contributed by atoms with E-state index in [1.54, 1.807) is 6.92 Å². The van der Waals surface area contributed by atoms with E-state index in [1.165, 1.54) is 0 Å². The Hall–Kier alpha value is -0.870. The van der Waals surface area contributed by atoms with Crippen LogP contribution >= 0.6 is 15.9 Å². The Morgan fingerprint density at radius 1 is 1.60 bits per heavy atom. The first-order valence-corrected chi connectivity index (χ1v) is 5.54. The largest absolute Gasteiger partial charge is 0.480 e. The molecule has 0 spiro atoms. The molecule has 0 aromatic heterocycles. The second-order valence-corrected chi connectivity index (χ2v) is 4.39. The smallest absolute Gasteiger partial charge is 0.328 e. The number of carboxylic acids is 1. The molecule has 2 N–H and O–H groups in total. The molecule has 0 aliphatic rings. The molecule has 0 fully saturated rings.